The predicted octanol–water partition coefficient (Wildman–Crippen LogP) is 4.20. The number of anilines is 2. The second-order valence-corrected chi connectivity index (χ2v) is 6.79. The van der Waals surface area contributed by atoms with E-state index >= 15 is 0 Å². The quantitative estimate of drug-likeness (QED) is 0.771. The van der Waals surface area contributed by atoms with Crippen molar-refractivity contribution in [3.05, 3.63) is 82.0 Å². The van der Waals surface area contributed by atoms with Crippen molar-refractivity contribution in [1.82, 2.24) is 0 Å². The lowest BCUT2D eigenvalue weighted by Crippen LogP contribution is -2.28. The Kier molecular flexibility index (Phi) is 4.07. The topological polar surface area (TPSA) is 49.4 Å². The standard InChI is InChI=1S/C20H16N2O2S/c23-19(18-6-3-13-25-18)21-16-9-7-15(8-10-16)20(24)22-12-11-14-4-1-2-5-17(14)22/h1-10,13H,11-12H2,(H,21,23). The van der Waals surface area contributed by atoms with Crippen LogP contribution < -0.4 is 10.2 Å². The molecule has 2 amide bonds. The van der Waals surface area contributed by atoms with Gasteiger partial charge >= 0.3 is 0 Å². The summed E-state index contributed by atoms with van der Waals surface area (Å²) >= 11 is 1.40. The fourth-order valence-corrected chi connectivity index (χ4v) is 3.62. The molecule has 0 bridgehead atoms. The zero-order valence-corrected chi connectivity index (χ0v) is 14.3. The largest absolute Gasteiger partial charge is 0.321 e. The Morgan fingerprint density at radius 3 is 2.52 bits per heavy atom. The first kappa shape index (κ1) is 15.6. The van der Waals surface area contributed by atoms with Gasteiger partial charge in [-0.15, -0.1) is 11.3 Å². The van der Waals surface area contributed by atoms with E-state index in [0.29, 0.717) is 22.7 Å². The number of hydrogen-bond donors (Lipinski definition) is 1. The van der Waals surface area contributed by atoms with Crippen LogP contribution >= 0.6 is 11.3 Å². The van der Waals surface area contributed by atoms with Crippen molar-refractivity contribution in [3.63, 3.8) is 0 Å². The molecule has 4 nitrogen and oxygen atoms in total. The SMILES string of the molecule is O=C(Nc1ccc(C(=O)N2CCc3ccccc32)cc1)c1cccs1. The Hall–Kier alpha value is -2.92. The molecule has 1 N–H and O–H groups in total. The molecule has 1 aliphatic heterocycles. The highest BCUT2D eigenvalue weighted by Gasteiger charge is 2.24. The van der Waals surface area contributed by atoms with Gasteiger partial charge in [-0.05, 0) is 53.8 Å². The Labute approximate surface area is 149 Å². The van der Waals surface area contributed by atoms with Crippen molar-refractivity contribution in [2.24, 2.45) is 0 Å². The van der Waals surface area contributed by atoms with E-state index in [1.165, 1.54) is 16.9 Å². The number of fused-ring (bicyclic) bond motifs is 1. The van der Waals surface area contributed by atoms with E-state index in [1.54, 1.807) is 30.3 Å². The molecule has 4 rings (SSSR count). The minimum atomic E-state index is -0.137. The molecule has 0 saturated carbocycles. The monoisotopic (exact) mass is 348 g/mol. The molecule has 5 heteroatoms. The number of rotatable bonds is 3. The number of nitrogens with zero attached hydrogens (tertiary/aromatic N) is 1. The number of amides is 2. The number of carbonyl (C=O) groups excluding carboxylic acids is 2. The Morgan fingerprint density at radius 1 is 0.960 bits per heavy atom. The van der Waals surface area contributed by atoms with Gasteiger partial charge in [-0.3, -0.25) is 9.59 Å². The van der Waals surface area contributed by atoms with Gasteiger partial charge in [0.05, 0.1) is 4.88 Å². The van der Waals surface area contributed by atoms with Crippen molar-refractivity contribution in [3.8, 4) is 0 Å². The molecule has 2 heterocycles. The predicted molar refractivity (Wildman–Crippen MR) is 101 cm³/mol. The van der Waals surface area contributed by atoms with Crippen molar-refractivity contribution < 1.29 is 9.59 Å². The summed E-state index contributed by atoms with van der Waals surface area (Å²) in [6, 6.07) is 18.7. The molecule has 0 fully saturated rings. The van der Waals surface area contributed by atoms with E-state index in [9.17, 15) is 9.59 Å². The molecule has 0 saturated heterocycles. The van der Waals surface area contributed by atoms with E-state index in [2.05, 4.69) is 11.4 Å². The van der Waals surface area contributed by atoms with E-state index in [-0.39, 0.29) is 11.8 Å². The highest BCUT2D eigenvalue weighted by molar-refractivity contribution is 7.12. The first-order valence-corrected chi connectivity index (χ1v) is 8.95. The molecule has 0 spiro atoms. The molecule has 0 aliphatic carbocycles. The third-order valence-electron chi connectivity index (χ3n) is 4.27. The van der Waals surface area contributed by atoms with Crippen molar-refractivity contribution in [1.29, 1.82) is 0 Å². The first-order valence-electron chi connectivity index (χ1n) is 8.07. The molecule has 1 aliphatic rings. The smallest absolute Gasteiger partial charge is 0.265 e. The second kappa shape index (κ2) is 6.53. The molecular formula is C20H16N2O2S. The molecule has 3 aromatic rings. The summed E-state index contributed by atoms with van der Waals surface area (Å²) in [4.78, 5) is 27.3. The lowest BCUT2D eigenvalue weighted by Gasteiger charge is -2.17. The number of carbonyl (C=O) groups is 2. The summed E-state index contributed by atoms with van der Waals surface area (Å²) in [5.41, 5.74) is 3.49. The molecule has 2 aromatic carbocycles. The third-order valence-corrected chi connectivity index (χ3v) is 5.14. The van der Waals surface area contributed by atoms with Crippen LogP contribution in [0.15, 0.2) is 66.0 Å². The van der Waals surface area contributed by atoms with Crippen molar-refractivity contribution >= 4 is 34.5 Å². The third kappa shape index (κ3) is 3.06. The van der Waals surface area contributed by atoms with E-state index in [0.717, 1.165) is 12.1 Å². The molecule has 124 valence electrons. The van der Waals surface area contributed by atoms with Gasteiger partial charge in [0.25, 0.3) is 11.8 Å². The maximum atomic E-state index is 12.8. The van der Waals surface area contributed by atoms with E-state index < -0.39 is 0 Å². The van der Waals surface area contributed by atoms with Crippen LogP contribution in [-0.4, -0.2) is 18.4 Å². The Bertz CT molecular complexity index is 917. The van der Waals surface area contributed by atoms with Crippen LogP contribution in [0.1, 0.15) is 25.6 Å². The summed E-state index contributed by atoms with van der Waals surface area (Å²) in [5.74, 6) is -0.149. The van der Waals surface area contributed by atoms with Crippen LogP contribution in [0.2, 0.25) is 0 Å². The summed E-state index contributed by atoms with van der Waals surface area (Å²) in [7, 11) is 0. The van der Waals surface area contributed by atoms with Gasteiger partial charge in [0.1, 0.15) is 0 Å². The number of benzene rings is 2. The summed E-state index contributed by atoms with van der Waals surface area (Å²) in [6.45, 7) is 0.703. The van der Waals surface area contributed by atoms with Gasteiger partial charge in [-0.2, -0.15) is 0 Å². The highest BCUT2D eigenvalue weighted by atomic mass is 32.1. The maximum Gasteiger partial charge on any atom is 0.265 e. The van der Waals surface area contributed by atoms with Crippen LogP contribution in [0, 0.1) is 0 Å². The summed E-state index contributed by atoms with van der Waals surface area (Å²) < 4.78 is 0. The lowest BCUT2D eigenvalue weighted by atomic mass is 10.1. The average molecular weight is 348 g/mol. The number of hydrogen-bond acceptors (Lipinski definition) is 3. The van der Waals surface area contributed by atoms with Gasteiger partial charge in [0.2, 0.25) is 0 Å². The van der Waals surface area contributed by atoms with Crippen molar-refractivity contribution in [2.75, 3.05) is 16.8 Å². The van der Waals surface area contributed by atoms with Gasteiger partial charge in [-0.1, -0.05) is 24.3 Å². The van der Waals surface area contributed by atoms with Gasteiger partial charge < -0.3 is 10.2 Å². The number of para-hydroxylation sites is 1. The normalized spacial score (nSPS) is 12.7. The molecule has 0 unspecified atom stereocenters. The fourth-order valence-electron chi connectivity index (χ4n) is 3.00. The van der Waals surface area contributed by atoms with Crippen LogP contribution in [0.25, 0.3) is 0 Å². The minimum Gasteiger partial charge on any atom is -0.321 e. The molecule has 0 atom stereocenters. The van der Waals surface area contributed by atoms with Gasteiger partial charge in [-0.25, -0.2) is 0 Å². The average Bonchev–Trinajstić information content (AvgIpc) is 3.32. The Morgan fingerprint density at radius 2 is 1.76 bits per heavy atom. The lowest BCUT2D eigenvalue weighted by molar-refractivity contribution is 0.0988. The van der Waals surface area contributed by atoms with Gasteiger partial charge in [0, 0.05) is 23.5 Å². The van der Waals surface area contributed by atoms with Crippen LogP contribution in [0.3, 0.4) is 0 Å². The molecule has 1 aromatic heterocycles. The highest BCUT2D eigenvalue weighted by Crippen LogP contribution is 2.29. The fraction of sp³-hybridized carbons (Fsp3) is 0.100. The molecule has 25 heavy (non-hydrogen) atoms. The zero-order chi connectivity index (χ0) is 17.2. The van der Waals surface area contributed by atoms with E-state index in [4.69, 9.17) is 0 Å². The molecular weight excluding hydrogens is 332 g/mol. The zero-order valence-electron chi connectivity index (χ0n) is 13.4. The summed E-state index contributed by atoms with van der Waals surface area (Å²) in [6.07, 6.45) is 0.886. The van der Waals surface area contributed by atoms with E-state index in [1.807, 2.05) is 34.5 Å². The summed E-state index contributed by atoms with van der Waals surface area (Å²) in [5, 5.41) is 4.71. The maximum absolute atomic E-state index is 12.8. The second-order valence-electron chi connectivity index (χ2n) is 5.84. The van der Waals surface area contributed by atoms with Crippen molar-refractivity contribution in [2.45, 2.75) is 6.42 Å². The Balaban J connectivity index is 1.49. The number of thiophene rings is 1. The minimum absolute atomic E-state index is 0.0129. The van der Waals surface area contributed by atoms with Crippen LogP contribution in [0.5, 0.6) is 0 Å². The van der Waals surface area contributed by atoms with Crippen LogP contribution in [0.4, 0.5) is 11.4 Å². The van der Waals surface area contributed by atoms with Gasteiger partial charge in [0.15, 0.2) is 0 Å². The van der Waals surface area contributed by atoms with Crippen LogP contribution in [-0.2, 0) is 6.42 Å². The molecule has 0 radical (unpaired) electrons. The first-order chi connectivity index (χ1) is 12.2. The number of nitrogens with one attached hydrogen (secondary N) is 1.